The van der Waals surface area contributed by atoms with Crippen LogP contribution in [0.15, 0.2) is 40.4 Å². The van der Waals surface area contributed by atoms with Gasteiger partial charge in [-0.15, -0.1) is 11.8 Å². The monoisotopic (exact) mass is 433 g/mol. The number of aromatic nitrogens is 3. The Hall–Kier alpha value is -1.68. The maximum atomic E-state index is 12.0. The van der Waals surface area contributed by atoms with Crippen molar-refractivity contribution in [1.29, 1.82) is 0 Å². The van der Waals surface area contributed by atoms with Crippen LogP contribution in [-0.2, 0) is 16.1 Å². The van der Waals surface area contributed by atoms with E-state index in [1.54, 1.807) is 29.2 Å². The van der Waals surface area contributed by atoms with Crippen molar-refractivity contribution in [3.8, 4) is 0 Å². The maximum absolute atomic E-state index is 12.0. The number of benzene rings is 1. The molecule has 0 aliphatic heterocycles. The molecule has 3 aromatic rings. The first-order valence-electron chi connectivity index (χ1n) is 9.08. The van der Waals surface area contributed by atoms with Gasteiger partial charge in [0, 0.05) is 34.6 Å². The van der Waals surface area contributed by atoms with Crippen LogP contribution in [0.2, 0.25) is 0 Å². The summed E-state index contributed by atoms with van der Waals surface area (Å²) in [5, 5.41) is 10.1. The van der Waals surface area contributed by atoms with E-state index in [-0.39, 0.29) is 0 Å². The number of nitrogens with one attached hydrogen (secondary N) is 1. The molecule has 2 heterocycles. The van der Waals surface area contributed by atoms with Crippen molar-refractivity contribution >= 4 is 54.0 Å². The van der Waals surface area contributed by atoms with Gasteiger partial charge >= 0.3 is 0 Å². The molecule has 0 saturated heterocycles. The van der Waals surface area contributed by atoms with Crippen molar-refractivity contribution in [3.05, 3.63) is 36.4 Å². The molecular formula is C19H23N5OS3. The summed E-state index contributed by atoms with van der Waals surface area (Å²) in [6.45, 7) is 0. The van der Waals surface area contributed by atoms with E-state index in [4.69, 9.17) is 5.14 Å². The van der Waals surface area contributed by atoms with Gasteiger partial charge in [0.25, 0.3) is 0 Å². The molecule has 6 nitrogen and oxygen atoms in total. The molecule has 0 radical (unpaired) electrons. The SMILES string of the molecule is C=S(N)(=O)c1ccc2nc(N[C@H]3CC[C@H](Cc4ncc(SC)cn4)C3)sc2c1. The van der Waals surface area contributed by atoms with Crippen molar-refractivity contribution in [2.45, 2.75) is 41.5 Å². The second kappa shape index (κ2) is 7.98. The van der Waals surface area contributed by atoms with Crippen LogP contribution >= 0.6 is 23.1 Å². The smallest absolute Gasteiger partial charge is 0.184 e. The number of anilines is 1. The molecule has 1 aromatic carbocycles. The van der Waals surface area contributed by atoms with Gasteiger partial charge in [-0.3, -0.25) is 5.14 Å². The molecule has 1 fully saturated rings. The quantitative estimate of drug-likeness (QED) is 0.456. The van der Waals surface area contributed by atoms with Crippen molar-refractivity contribution in [2.24, 2.45) is 11.1 Å². The van der Waals surface area contributed by atoms with E-state index >= 15 is 0 Å². The highest BCUT2D eigenvalue weighted by Gasteiger charge is 2.26. The molecule has 0 bridgehead atoms. The lowest BCUT2D eigenvalue weighted by atomic mass is 10.0. The first kappa shape index (κ1) is 19.6. The van der Waals surface area contributed by atoms with Gasteiger partial charge in [0.1, 0.15) is 5.82 Å². The summed E-state index contributed by atoms with van der Waals surface area (Å²) in [6.07, 6.45) is 10.1. The first-order chi connectivity index (χ1) is 13.4. The average Bonchev–Trinajstić information content (AvgIpc) is 3.27. The number of thioether (sulfide) groups is 1. The third-order valence-electron chi connectivity index (χ3n) is 5.02. The standard InChI is InChI=1S/C19H23N5OS3/c1-26-14-10-21-18(22-11-14)8-12-3-4-13(7-12)23-19-24-16-6-5-15(28(2,20)25)9-17(16)27-19/h5-6,9-13H,2-4,7-8H2,1H3,(H2,20,25)(H,23,24)/t12-,13-,28?/m0/s1. The zero-order valence-electron chi connectivity index (χ0n) is 15.6. The normalized spacial score (nSPS) is 21.6. The molecule has 1 aliphatic carbocycles. The summed E-state index contributed by atoms with van der Waals surface area (Å²) in [4.78, 5) is 15.3. The predicted molar refractivity (Wildman–Crippen MR) is 120 cm³/mol. The predicted octanol–water partition coefficient (Wildman–Crippen LogP) is 3.58. The van der Waals surface area contributed by atoms with Gasteiger partial charge in [0.2, 0.25) is 0 Å². The summed E-state index contributed by atoms with van der Waals surface area (Å²) in [5.41, 5.74) is 0.886. The Morgan fingerprint density at radius 2 is 2.14 bits per heavy atom. The van der Waals surface area contributed by atoms with Gasteiger partial charge in [0.15, 0.2) is 5.13 Å². The fourth-order valence-electron chi connectivity index (χ4n) is 3.56. The number of rotatable bonds is 6. The summed E-state index contributed by atoms with van der Waals surface area (Å²) in [7, 11) is -2.70. The van der Waals surface area contributed by atoms with E-state index in [2.05, 4.69) is 26.1 Å². The van der Waals surface area contributed by atoms with Crippen LogP contribution in [0.4, 0.5) is 5.13 Å². The molecular weight excluding hydrogens is 410 g/mol. The molecule has 3 N–H and O–H groups in total. The lowest BCUT2D eigenvalue weighted by Gasteiger charge is -2.12. The lowest BCUT2D eigenvalue weighted by molar-refractivity contribution is 0.524. The van der Waals surface area contributed by atoms with Crippen molar-refractivity contribution in [3.63, 3.8) is 0 Å². The van der Waals surface area contributed by atoms with Gasteiger partial charge in [-0.05, 0) is 55.5 Å². The summed E-state index contributed by atoms with van der Waals surface area (Å²) in [5.74, 6) is 5.07. The third-order valence-corrected chi connectivity index (χ3v) is 7.70. The molecule has 9 heteroatoms. The molecule has 0 amide bonds. The topological polar surface area (TPSA) is 93.8 Å². The fourth-order valence-corrected chi connectivity index (χ4v) is 5.55. The average molecular weight is 434 g/mol. The summed E-state index contributed by atoms with van der Waals surface area (Å²) in [6, 6.07) is 5.84. The molecule has 148 valence electrons. The van der Waals surface area contributed by atoms with Crippen LogP contribution in [0.3, 0.4) is 0 Å². The molecule has 2 aromatic heterocycles. The fraction of sp³-hybridized carbons (Fsp3) is 0.368. The van der Waals surface area contributed by atoms with Crippen molar-refractivity contribution in [2.75, 3.05) is 11.6 Å². The molecule has 28 heavy (non-hydrogen) atoms. The Morgan fingerprint density at radius 1 is 1.36 bits per heavy atom. The second-order valence-corrected chi connectivity index (χ2v) is 11.0. The van der Waals surface area contributed by atoms with E-state index in [0.717, 1.165) is 51.8 Å². The molecule has 4 rings (SSSR count). The Kier molecular flexibility index (Phi) is 5.59. The van der Waals surface area contributed by atoms with Crippen LogP contribution < -0.4 is 10.5 Å². The molecule has 3 atom stereocenters. The highest BCUT2D eigenvalue weighted by molar-refractivity contribution is 7.98. The van der Waals surface area contributed by atoms with Crippen molar-refractivity contribution in [1.82, 2.24) is 15.0 Å². The zero-order chi connectivity index (χ0) is 19.7. The molecule has 0 spiro atoms. The van der Waals surface area contributed by atoms with Gasteiger partial charge in [-0.25, -0.2) is 19.2 Å². The maximum Gasteiger partial charge on any atom is 0.184 e. The van der Waals surface area contributed by atoms with E-state index in [1.165, 1.54) is 0 Å². The van der Waals surface area contributed by atoms with E-state index < -0.39 is 9.71 Å². The molecule has 1 saturated carbocycles. The number of hydrogen-bond acceptors (Lipinski definition) is 7. The molecule has 1 unspecified atom stereocenters. The minimum atomic E-state index is -2.70. The minimum absolute atomic E-state index is 0.405. The van der Waals surface area contributed by atoms with E-state index in [1.807, 2.05) is 30.8 Å². The zero-order valence-corrected chi connectivity index (χ0v) is 18.1. The van der Waals surface area contributed by atoms with Crippen LogP contribution in [0, 0.1) is 5.92 Å². The Bertz CT molecular complexity index is 1080. The number of fused-ring (bicyclic) bond motifs is 1. The van der Waals surface area contributed by atoms with Gasteiger partial charge in [-0.2, -0.15) is 0 Å². The number of nitrogens with two attached hydrogens (primary N) is 1. The highest BCUT2D eigenvalue weighted by Crippen LogP contribution is 2.33. The Morgan fingerprint density at radius 3 is 2.86 bits per heavy atom. The Balaban J connectivity index is 1.39. The Labute approximate surface area is 173 Å². The van der Waals surface area contributed by atoms with Crippen LogP contribution in [0.25, 0.3) is 10.2 Å². The van der Waals surface area contributed by atoms with Gasteiger partial charge in [-0.1, -0.05) is 11.3 Å². The van der Waals surface area contributed by atoms with Crippen LogP contribution in [0.5, 0.6) is 0 Å². The number of hydrogen-bond donors (Lipinski definition) is 2. The van der Waals surface area contributed by atoms with E-state index in [9.17, 15) is 4.21 Å². The minimum Gasteiger partial charge on any atom is -0.359 e. The largest absolute Gasteiger partial charge is 0.359 e. The van der Waals surface area contributed by atoms with Crippen LogP contribution in [0.1, 0.15) is 25.1 Å². The number of nitrogens with zero attached hydrogens (tertiary/aromatic N) is 3. The number of thiazole rings is 1. The van der Waals surface area contributed by atoms with Crippen molar-refractivity contribution < 1.29 is 4.21 Å². The van der Waals surface area contributed by atoms with Gasteiger partial charge < -0.3 is 5.32 Å². The van der Waals surface area contributed by atoms with Gasteiger partial charge in [0.05, 0.1) is 19.9 Å². The van der Waals surface area contributed by atoms with E-state index in [0.29, 0.717) is 16.9 Å². The van der Waals surface area contributed by atoms with Crippen LogP contribution in [-0.4, -0.2) is 37.3 Å². The third kappa shape index (κ3) is 4.48. The summed E-state index contributed by atoms with van der Waals surface area (Å²) >= 11 is 3.22. The second-order valence-electron chi connectivity index (χ2n) is 7.14. The first-order valence-corrected chi connectivity index (χ1v) is 12.9. The summed E-state index contributed by atoms with van der Waals surface area (Å²) < 4.78 is 12.9. The lowest BCUT2D eigenvalue weighted by Crippen LogP contribution is -2.16. The highest BCUT2D eigenvalue weighted by atomic mass is 32.2. The molecule has 1 aliphatic rings.